The highest BCUT2D eigenvalue weighted by molar-refractivity contribution is 7.80. The Bertz CT molecular complexity index is 1280. The fourth-order valence-electron chi connectivity index (χ4n) is 7.61. The Morgan fingerprint density at radius 3 is 1.21 bits per heavy atom. The highest BCUT2D eigenvalue weighted by atomic mass is 32.1. The summed E-state index contributed by atoms with van der Waals surface area (Å²) in [6, 6.07) is 13.5. The van der Waals surface area contributed by atoms with E-state index >= 15 is 0 Å². The van der Waals surface area contributed by atoms with Crippen LogP contribution < -0.4 is 9.80 Å². The molecule has 3 aliphatic heterocycles. The molecular weight excluding hydrogens is 621 g/mol. The Morgan fingerprint density at radius 2 is 0.915 bits per heavy atom. The molecule has 3 fully saturated rings. The van der Waals surface area contributed by atoms with E-state index in [1.807, 2.05) is 13.8 Å². The van der Waals surface area contributed by atoms with Gasteiger partial charge in [-0.25, -0.2) is 0 Å². The van der Waals surface area contributed by atoms with Crippen LogP contribution in [-0.4, -0.2) is 77.3 Å². The number of ether oxygens (including phenoxy) is 2. The van der Waals surface area contributed by atoms with Crippen molar-refractivity contribution < 1.29 is 9.47 Å². The minimum Gasteiger partial charge on any atom is -0.347 e. The maximum atomic E-state index is 6.52. The minimum atomic E-state index is -0.602. The van der Waals surface area contributed by atoms with Gasteiger partial charge in [0.15, 0.2) is 16.0 Å². The summed E-state index contributed by atoms with van der Waals surface area (Å²) in [5.74, 6) is 1.14. The molecule has 2 aromatic carbocycles. The van der Waals surface area contributed by atoms with Crippen molar-refractivity contribution in [1.82, 2.24) is 9.80 Å². The van der Waals surface area contributed by atoms with Gasteiger partial charge in [0, 0.05) is 39.3 Å². The Hall–Kier alpha value is -2.26. The molecule has 0 aromatic heterocycles. The summed E-state index contributed by atoms with van der Waals surface area (Å²) in [5, 5.41) is 1.86. The van der Waals surface area contributed by atoms with Gasteiger partial charge in [0.05, 0.1) is 23.6 Å². The normalized spacial score (nSPS) is 21.7. The van der Waals surface area contributed by atoms with Crippen LogP contribution >= 0.6 is 24.4 Å². The Labute approximate surface area is 295 Å². The summed E-state index contributed by atoms with van der Waals surface area (Å²) in [6.07, 6.45) is 1.78. The van der Waals surface area contributed by atoms with Gasteiger partial charge in [0.2, 0.25) is 0 Å². The van der Waals surface area contributed by atoms with E-state index in [0.29, 0.717) is 23.7 Å². The third-order valence-electron chi connectivity index (χ3n) is 10.1. The lowest BCUT2D eigenvalue weighted by Crippen LogP contribution is -2.37. The molecule has 8 heteroatoms. The molecule has 2 atom stereocenters. The first-order valence-electron chi connectivity index (χ1n) is 17.9. The molecule has 3 saturated heterocycles. The largest absolute Gasteiger partial charge is 0.347 e. The van der Waals surface area contributed by atoms with Gasteiger partial charge in [-0.05, 0) is 97.1 Å². The van der Waals surface area contributed by atoms with Gasteiger partial charge < -0.3 is 29.1 Å². The lowest BCUT2D eigenvalue weighted by Gasteiger charge is -2.30. The second-order valence-corrected chi connectivity index (χ2v) is 16.1. The van der Waals surface area contributed by atoms with E-state index in [2.05, 4.69) is 111 Å². The molecule has 0 bridgehead atoms. The van der Waals surface area contributed by atoms with E-state index in [1.54, 1.807) is 0 Å². The highest BCUT2D eigenvalue weighted by Crippen LogP contribution is 2.39. The number of para-hydroxylation sites is 2. The number of benzene rings is 2. The van der Waals surface area contributed by atoms with Crippen LogP contribution in [0.2, 0.25) is 0 Å². The molecule has 5 rings (SSSR count). The molecule has 0 saturated carbocycles. The van der Waals surface area contributed by atoms with Crippen molar-refractivity contribution in [3.05, 3.63) is 58.7 Å². The maximum Gasteiger partial charge on any atom is 0.176 e. The van der Waals surface area contributed by atoms with E-state index in [1.165, 1.54) is 33.6 Å². The van der Waals surface area contributed by atoms with Crippen molar-refractivity contribution in [2.24, 2.45) is 0 Å². The average molecular weight is 679 g/mol. The SMILES string of the molecule is CC(C)c1cccc(C(C)C)c1N1CCN(CC[C@H]2OC(C)(C)O[C@@H]2CCN2CCN(c3c(C(C)C)cccc3C(C)C)C2=S)C1=S. The van der Waals surface area contributed by atoms with Crippen LogP contribution in [0.1, 0.15) is 128 Å². The van der Waals surface area contributed by atoms with Gasteiger partial charge in [0.25, 0.3) is 0 Å². The van der Waals surface area contributed by atoms with E-state index in [4.69, 9.17) is 33.9 Å². The third-order valence-corrected chi connectivity index (χ3v) is 11.0. The van der Waals surface area contributed by atoms with E-state index in [9.17, 15) is 0 Å². The number of thiocarbonyl (C=S) groups is 2. The number of nitrogens with zero attached hydrogens (tertiary/aromatic N) is 4. The second kappa shape index (κ2) is 14.7. The monoisotopic (exact) mass is 678 g/mol. The number of hydrogen-bond acceptors (Lipinski definition) is 4. The topological polar surface area (TPSA) is 31.4 Å². The molecule has 0 unspecified atom stereocenters. The predicted octanol–water partition coefficient (Wildman–Crippen LogP) is 8.99. The maximum absolute atomic E-state index is 6.52. The van der Waals surface area contributed by atoms with Crippen LogP contribution in [0.5, 0.6) is 0 Å². The molecule has 3 aliphatic rings. The summed E-state index contributed by atoms with van der Waals surface area (Å²) in [6.45, 7) is 27.7. The van der Waals surface area contributed by atoms with Crippen molar-refractivity contribution in [3.8, 4) is 0 Å². The molecule has 258 valence electrons. The highest BCUT2D eigenvalue weighted by Gasteiger charge is 2.42. The van der Waals surface area contributed by atoms with Crippen molar-refractivity contribution in [3.63, 3.8) is 0 Å². The average Bonchev–Trinajstić information content (AvgIpc) is 3.66. The minimum absolute atomic E-state index is 0.0116. The standard InChI is InChI=1S/C39H58N4O2S2/c1-25(2)29-13-11-14-30(26(3)4)35(29)42-23-21-40(37(42)46)19-17-33-34(45-39(9,10)44-33)18-20-41-22-24-43(38(41)47)36-31(27(5)6)15-12-16-32(36)28(7)8/h11-16,25-28,33-34H,17-24H2,1-10H3/t33-,34-/m1/s1. The van der Waals surface area contributed by atoms with Gasteiger partial charge >= 0.3 is 0 Å². The van der Waals surface area contributed by atoms with E-state index in [0.717, 1.165) is 62.3 Å². The van der Waals surface area contributed by atoms with Crippen molar-refractivity contribution in [1.29, 1.82) is 0 Å². The molecule has 0 aliphatic carbocycles. The molecule has 0 amide bonds. The first kappa shape index (κ1) is 36.0. The van der Waals surface area contributed by atoms with Gasteiger partial charge in [-0.2, -0.15) is 0 Å². The van der Waals surface area contributed by atoms with Crippen molar-refractivity contribution in [2.45, 2.75) is 124 Å². The zero-order valence-corrected chi connectivity index (χ0v) is 32.1. The number of rotatable bonds is 12. The lowest BCUT2D eigenvalue weighted by atomic mass is 9.92. The van der Waals surface area contributed by atoms with Crippen LogP contribution in [0.15, 0.2) is 36.4 Å². The summed E-state index contributed by atoms with van der Waals surface area (Å²) in [5.41, 5.74) is 8.14. The van der Waals surface area contributed by atoms with E-state index < -0.39 is 5.79 Å². The van der Waals surface area contributed by atoms with E-state index in [-0.39, 0.29) is 12.2 Å². The zero-order chi connectivity index (χ0) is 34.2. The first-order valence-corrected chi connectivity index (χ1v) is 18.8. The number of anilines is 2. The van der Waals surface area contributed by atoms with Crippen molar-refractivity contribution >= 4 is 46.0 Å². The Kier molecular flexibility index (Phi) is 11.3. The summed E-state index contributed by atoms with van der Waals surface area (Å²) in [7, 11) is 0. The Balaban J connectivity index is 1.23. The first-order chi connectivity index (χ1) is 22.2. The second-order valence-electron chi connectivity index (χ2n) is 15.3. The van der Waals surface area contributed by atoms with Crippen LogP contribution in [0.25, 0.3) is 0 Å². The van der Waals surface area contributed by atoms with Crippen LogP contribution in [-0.2, 0) is 9.47 Å². The molecule has 6 nitrogen and oxygen atoms in total. The fraction of sp³-hybridized carbons (Fsp3) is 0.641. The molecule has 0 spiro atoms. The van der Waals surface area contributed by atoms with Gasteiger partial charge in [-0.15, -0.1) is 0 Å². The number of hydrogen-bond donors (Lipinski definition) is 0. The molecule has 2 aromatic rings. The lowest BCUT2D eigenvalue weighted by molar-refractivity contribution is -0.147. The van der Waals surface area contributed by atoms with Crippen molar-refractivity contribution in [2.75, 3.05) is 49.1 Å². The fourth-order valence-corrected chi connectivity index (χ4v) is 8.34. The predicted molar refractivity (Wildman–Crippen MR) is 205 cm³/mol. The van der Waals surface area contributed by atoms with Gasteiger partial charge in [0.1, 0.15) is 0 Å². The molecule has 47 heavy (non-hydrogen) atoms. The van der Waals surface area contributed by atoms with Gasteiger partial charge in [-0.1, -0.05) is 91.8 Å². The third kappa shape index (κ3) is 7.66. The summed E-state index contributed by atoms with van der Waals surface area (Å²) in [4.78, 5) is 9.51. The smallest absolute Gasteiger partial charge is 0.176 e. The summed E-state index contributed by atoms with van der Waals surface area (Å²) >= 11 is 12.3. The summed E-state index contributed by atoms with van der Waals surface area (Å²) < 4.78 is 13.0. The van der Waals surface area contributed by atoms with Gasteiger partial charge in [-0.3, -0.25) is 0 Å². The zero-order valence-electron chi connectivity index (χ0n) is 30.5. The van der Waals surface area contributed by atoms with Crippen LogP contribution in [0.4, 0.5) is 11.4 Å². The molecule has 0 N–H and O–H groups in total. The molecular formula is C39H58N4O2S2. The molecule has 0 radical (unpaired) electrons. The van der Waals surface area contributed by atoms with Crippen LogP contribution in [0, 0.1) is 0 Å². The Morgan fingerprint density at radius 1 is 0.596 bits per heavy atom. The quantitative estimate of drug-likeness (QED) is 0.206. The molecule has 3 heterocycles. The van der Waals surface area contributed by atoms with Crippen LogP contribution in [0.3, 0.4) is 0 Å².